The Balaban J connectivity index is 1.62. The minimum absolute atomic E-state index is 0.0222. The smallest absolute Gasteiger partial charge is 0.225 e. The third kappa shape index (κ3) is 5.38. The SMILES string of the molecule is COCCn1c(SCCC(=O)Nc2ccccc2)nnc1-c1ccncc1. The van der Waals surface area contributed by atoms with Crippen molar-refractivity contribution in [1.29, 1.82) is 0 Å². The summed E-state index contributed by atoms with van der Waals surface area (Å²) >= 11 is 1.51. The lowest BCUT2D eigenvalue weighted by Gasteiger charge is -2.09. The van der Waals surface area contributed by atoms with Gasteiger partial charge in [-0.2, -0.15) is 0 Å². The fourth-order valence-electron chi connectivity index (χ4n) is 2.47. The van der Waals surface area contributed by atoms with E-state index in [9.17, 15) is 4.79 Å². The number of benzene rings is 1. The molecular formula is C19H21N5O2S. The molecule has 27 heavy (non-hydrogen) atoms. The maximum absolute atomic E-state index is 12.1. The number of aromatic nitrogens is 4. The summed E-state index contributed by atoms with van der Waals surface area (Å²) in [6.07, 6.45) is 3.85. The van der Waals surface area contributed by atoms with Crippen LogP contribution >= 0.6 is 11.8 Å². The Morgan fingerprint density at radius 2 is 1.93 bits per heavy atom. The van der Waals surface area contributed by atoms with E-state index < -0.39 is 0 Å². The van der Waals surface area contributed by atoms with Crippen molar-refractivity contribution in [2.75, 3.05) is 24.8 Å². The van der Waals surface area contributed by atoms with Crippen LogP contribution in [0, 0.1) is 0 Å². The van der Waals surface area contributed by atoms with E-state index in [0.717, 1.165) is 22.2 Å². The van der Waals surface area contributed by atoms with Crippen LogP contribution in [0.15, 0.2) is 60.0 Å². The molecule has 0 aliphatic rings. The van der Waals surface area contributed by atoms with Crippen molar-refractivity contribution < 1.29 is 9.53 Å². The third-order valence-electron chi connectivity index (χ3n) is 3.79. The van der Waals surface area contributed by atoms with Crippen molar-refractivity contribution in [2.45, 2.75) is 18.1 Å². The number of hydrogen-bond acceptors (Lipinski definition) is 6. The van der Waals surface area contributed by atoms with E-state index >= 15 is 0 Å². The fourth-order valence-corrected chi connectivity index (χ4v) is 3.38. The van der Waals surface area contributed by atoms with E-state index in [-0.39, 0.29) is 5.91 Å². The number of para-hydroxylation sites is 1. The van der Waals surface area contributed by atoms with Gasteiger partial charge in [0.15, 0.2) is 11.0 Å². The second kappa shape index (κ2) is 9.84. The number of nitrogens with zero attached hydrogens (tertiary/aromatic N) is 4. The van der Waals surface area contributed by atoms with Gasteiger partial charge in [0.2, 0.25) is 5.91 Å². The van der Waals surface area contributed by atoms with Gasteiger partial charge in [0.25, 0.3) is 0 Å². The van der Waals surface area contributed by atoms with E-state index in [2.05, 4.69) is 20.5 Å². The van der Waals surface area contributed by atoms with Crippen molar-refractivity contribution in [3.63, 3.8) is 0 Å². The lowest BCUT2D eigenvalue weighted by atomic mass is 10.2. The molecule has 2 aromatic heterocycles. The molecule has 1 N–H and O–H groups in total. The number of ether oxygens (including phenoxy) is 1. The molecule has 140 valence electrons. The van der Waals surface area contributed by atoms with Gasteiger partial charge in [-0.15, -0.1) is 10.2 Å². The number of amides is 1. The summed E-state index contributed by atoms with van der Waals surface area (Å²) in [6, 6.07) is 13.2. The average Bonchev–Trinajstić information content (AvgIpc) is 3.10. The number of rotatable bonds is 9. The Morgan fingerprint density at radius 1 is 1.15 bits per heavy atom. The van der Waals surface area contributed by atoms with Crippen LogP contribution in [0.2, 0.25) is 0 Å². The highest BCUT2D eigenvalue weighted by Crippen LogP contribution is 2.24. The van der Waals surface area contributed by atoms with Crippen LogP contribution in [0.25, 0.3) is 11.4 Å². The van der Waals surface area contributed by atoms with Crippen LogP contribution in [0.3, 0.4) is 0 Å². The molecule has 0 fully saturated rings. The van der Waals surface area contributed by atoms with Gasteiger partial charge in [-0.25, -0.2) is 0 Å². The summed E-state index contributed by atoms with van der Waals surface area (Å²) in [5.74, 6) is 1.36. The molecule has 7 nitrogen and oxygen atoms in total. The molecule has 0 aliphatic heterocycles. The van der Waals surface area contributed by atoms with Crippen molar-refractivity contribution in [2.24, 2.45) is 0 Å². The van der Waals surface area contributed by atoms with E-state index in [1.54, 1.807) is 19.5 Å². The first-order valence-corrected chi connectivity index (χ1v) is 9.56. The molecule has 0 aliphatic carbocycles. The summed E-state index contributed by atoms with van der Waals surface area (Å²) in [5.41, 5.74) is 1.75. The predicted molar refractivity (Wildman–Crippen MR) is 106 cm³/mol. The van der Waals surface area contributed by atoms with Crippen molar-refractivity contribution in [3.05, 3.63) is 54.9 Å². The number of anilines is 1. The molecule has 0 bridgehead atoms. The van der Waals surface area contributed by atoms with Crippen molar-refractivity contribution in [1.82, 2.24) is 19.7 Å². The van der Waals surface area contributed by atoms with E-state index in [0.29, 0.717) is 25.3 Å². The fraction of sp³-hybridized carbons (Fsp3) is 0.263. The van der Waals surface area contributed by atoms with Crippen LogP contribution in [-0.2, 0) is 16.1 Å². The third-order valence-corrected chi connectivity index (χ3v) is 4.76. The van der Waals surface area contributed by atoms with E-state index in [4.69, 9.17) is 4.74 Å². The van der Waals surface area contributed by atoms with Crippen LogP contribution in [0.5, 0.6) is 0 Å². The predicted octanol–water partition coefficient (Wildman–Crippen LogP) is 3.11. The Hall–Kier alpha value is -2.71. The number of pyridine rings is 1. The van der Waals surface area contributed by atoms with E-state index in [1.165, 1.54) is 11.8 Å². The lowest BCUT2D eigenvalue weighted by molar-refractivity contribution is -0.115. The Bertz CT molecular complexity index is 855. The topological polar surface area (TPSA) is 81.9 Å². The molecule has 1 aromatic carbocycles. The molecule has 2 heterocycles. The molecule has 0 saturated heterocycles. The van der Waals surface area contributed by atoms with Gasteiger partial charge in [0, 0.05) is 42.9 Å². The van der Waals surface area contributed by atoms with Gasteiger partial charge in [0.1, 0.15) is 0 Å². The second-order valence-corrected chi connectivity index (χ2v) is 6.76. The number of hydrogen-bond donors (Lipinski definition) is 1. The summed E-state index contributed by atoms with van der Waals surface area (Å²) in [6.45, 7) is 1.19. The Kier molecular flexibility index (Phi) is 6.95. The quantitative estimate of drug-likeness (QED) is 0.572. The van der Waals surface area contributed by atoms with Gasteiger partial charge >= 0.3 is 0 Å². The molecule has 3 aromatic rings. The van der Waals surface area contributed by atoms with Crippen LogP contribution in [-0.4, -0.2) is 45.1 Å². The number of thioether (sulfide) groups is 1. The highest BCUT2D eigenvalue weighted by molar-refractivity contribution is 7.99. The zero-order valence-electron chi connectivity index (χ0n) is 15.0. The average molecular weight is 383 g/mol. The monoisotopic (exact) mass is 383 g/mol. The summed E-state index contributed by atoms with van der Waals surface area (Å²) in [5, 5.41) is 12.3. The minimum Gasteiger partial charge on any atom is -0.383 e. The van der Waals surface area contributed by atoms with Gasteiger partial charge in [0.05, 0.1) is 13.2 Å². The zero-order chi connectivity index (χ0) is 18.9. The van der Waals surface area contributed by atoms with Crippen LogP contribution in [0.1, 0.15) is 6.42 Å². The second-order valence-electron chi connectivity index (χ2n) is 5.70. The van der Waals surface area contributed by atoms with E-state index in [1.807, 2.05) is 47.0 Å². The maximum atomic E-state index is 12.1. The van der Waals surface area contributed by atoms with Gasteiger partial charge in [-0.3, -0.25) is 14.3 Å². The molecule has 0 unspecified atom stereocenters. The Labute approximate surface area is 162 Å². The molecular weight excluding hydrogens is 362 g/mol. The number of carbonyl (C=O) groups is 1. The minimum atomic E-state index is -0.0222. The highest BCUT2D eigenvalue weighted by atomic mass is 32.2. The largest absolute Gasteiger partial charge is 0.383 e. The summed E-state index contributed by atoms with van der Waals surface area (Å²) in [4.78, 5) is 16.1. The Morgan fingerprint density at radius 3 is 2.67 bits per heavy atom. The summed E-state index contributed by atoms with van der Waals surface area (Å²) in [7, 11) is 1.66. The first-order valence-electron chi connectivity index (χ1n) is 8.58. The van der Waals surface area contributed by atoms with Crippen LogP contribution < -0.4 is 5.32 Å². The first-order chi connectivity index (χ1) is 13.3. The molecule has 0 saturated carbocycles. The molecule has 0 atom stereocenters. The molecule has 0 radical (unpaired) electrons. The highest BCUT2D eigenvalue weighted by Gasteiger charge is 2.14. The van der Waals surface area contributed by atoms with Crippen LogP contribution in [0.4, 0.5) is 5.69 Å². The van der Waals surface area contributed by atoms with Crippen molar-refractivity contribution in [3.8, 4) is 11.4 Å². The van der Waals surface area contributed by atoms with Gasteiger partial charge in [-0.1, -0.05) is 30.0 Å². The molecule has 0 spiro atoms. The molecule has 1 amide bonds. The normalized spacial score (nSPS) is 10.7. The van der Waals surface area contributed by atoms with Gasteiger partial charge in [-0.05, 0) is 24.3 Å². The number of carbonyl (C=O) groups excluding carboxylic acids is 1. The zero-order valence-corrected chi connectivity index (χ0v) is 15.9. The standard InChI is InChI=1S/C19H21N5O2S/c1-26-13-12-24-18(15-7-10-20-11-8-15)22-23-19(24)27-14-9-17(25)21-16-5-3-2-4-6-16/h2-8,10-11H,9,12-14H2,1H3,(H,21,25). The van der Waals surface area contributed by atoms with Gasteiger partial charge < -0.3 is 10.1 Å². The number of methoxy groups -OCH3 is 1. The van der Waals surface area contributed by atoms with Crippen molar-refractivity contribution >= 4 is 23.4 Å². The maximum Gasteiger partial charge on any atom is 0.225 e. The first kappa shape index (κ1) is 19.1. The number of nitrogens with one attached hydrogen (secondary N) is 1. The molecule has 3 rings (SSSR count). The lowest BCUT2D eigenvalue weighted by Crippen LogP contribution is -2.12. The molecule has 8 heteroatoms. The summed E-state index contributed by atoms with van der Waals surface area (Å²) < 4.78 is 7.22.